The molecule has 4 rings (SSSR count). The lowest BCUT2D eigenvalue weighted by atomic mass is 9.66. The van der Waals surface area contributed by atoms with Crippen LogP contribution in [0, 0.1) is 10.8 Å². The Bertz CT molecular complexity index is 810. The largest absolute Gasteiger partial charge is 0.448 e. The van der Waals surface area contributed by atoms with E-state index in [9.17, 15) is 9.59 Å². The van der Waals surface area contributed by atoms with Crippen LogP contribution in [0.25, 0.3) is 10.2 Å². The number of nitrogens with one attached hydrogen (secondary N) is 1. The SMILES string of the molecule is CC1(C)[C@@]2(C(=O)Nc3nc4ccccc4s3)CC[C@]1(C)C(=O)O2. The Morgan fingerprint density at radius 1 is 1.26 bits per heavy atom. The third-order valence-electron chi connectivity index (χ3n) is 5.96. The number of carbonyl (C=O) groups excluding carboxylic acids is 2. The van der Waals surface area contributed by atoms with Crippen molar-refractivity contribution in [1.82, 2.24) is 4.98 Å². The number of rotatable bonds is 2. The molecular weight excluding hydrogens is 312 g/mol. The zero-order chi connectivity index (χ0) is 16.5. The number of hydrogen-bond acceptors (Lipinski definition) is 5. The molecule has 2 aromatic rings. The average molecular weight is 330 g/mol. The first-order valence-electron chi connectivity index (χ1n) is 7.71. The van der Waals surface area contributed by atoms with Crippen LogP contribution in [0.1, 0.15) is 33.6 Å². The molecule has 120 valence electrons. The lowest BCUT2D eigenvalue weighted by Gasteiger charge is -2.35. The van der Waals surface area contributed by atoms with E-state index in [4.69, 9.17) is 4.74 Å². The van der Waals surface area contributed by atoms with Gasteiger partial charge in [-0.25, -0.2) is 4.98 Å². The molecule has 2 atom stereocenters. The Morgan fingerprint density at radius 2 is 2.00 bits per heavy atom. The van der Waals surface area contributed by atoms with Gasteiger partial charge in [0.25, 0.3) is 5.91 Å². The number of esters is 1. The predicted molar refractivity (Wildman–Crippen MR) is 88.2 cm³/mol. The molecule has 1 amide bonds. The number of ether oxygens (including phenoxy) is 1. The van der Waals surface area contributed by atoms with E-state index in [0.29, 0.717) is 18.0 Å². The molecule has 1 saturated heterocycles. The second kappa shape index (κ2) is 4.32. The quantitative estimate of drug-likeness (QED) is 0.857. The van der Waals surface area contributed by atoms with Gasteiger partial charge in [0.15, 0.2) is 10.7 Å². The van der Waals surface area contributed by atoms with E-state index in [2.05, 4.69) is 10.3 Å². The first-order valence-corrected chi connectivity index (χ1v) is 8.52. The number of thiazole rings is 1. The van der Waals surface area contributed by atoms with Crippen molar-refractivity contribution in [2.45, 2.75) is 39.2 Å². The first-order chi connectivity index (χ1) is 10.8. The molecule has 6 heteroatoms. The van der Waals surface area contributed by atoms with Gasteiger partial charge in [-0.1, -0.05) is 37.3 Å². The van der Waals surface area contributed by atoms with Crippen molar-refractivity contribution in [2.24, 2.45) is 10.8 Å². The third kappa shape index (κ3) is 1.64. The molecule has 1 aromatic heterocycles. The van der Waals surface area contributed by atoms with Crippen molar-refractivity contribution in [1.29, 1.82) is 0 Å². The topological polar surface area (TPSA) is 68.3 Å². The Morgan fingerprint density at radius 3 is 2.61 bits per heavy atom. The number of carbonyl (C=O) groups is 2. The summed E-state index contributed by atoms with van der Waals surface area (Å²) in [5, 5.41) is 3.42. The van der Waals surface area contributed by atoms with Gasteiger partial charge >= 0.3 is 5.97 Å². The maximum absolute atomic E-state index is 13.0. The van der Waals surface area contributed by atoms with Crippen molar-refractivity contribution in [2.75, 3.05) is 5.32 Å². The average Bonchev–Trinajstić information content (AvgIpc) is 3.04. The molecular formula is C17H18N2O3S. The molecule has 0 unspecified atom stereocenters. The van der Waals surface area contributed by atoms with Crippen LogP contribution in [-0.4, -0.2) is 22.5 Å². The predicted octanol–water partition coefficient (Wildman–Crippen LogP) is 3.36. The molecule has 0 spiro atoms. The zero-order valence-electron chi connectivity index (χ0n) is 13.3. The summed E-state index contributed by atoms with van der Waals surface area (Å²) < 4.78 is 6.61. The summed E-state index contributed by atoms with van der Waals surface area (Å²) in [4.78, 5) is 29.6. The van der Waals surface area contributed by atoms with E-state index in [1.54, 1.807) is 0 Å². The van der Waals surface area contributed by atoms with Crippen molar-refractivity contribution >= 4 is 38.6 Å². The number of hydrogen-bond donors (Lipinski definition) is 1. The fraction of sp³-hybridized carbons (Fsp3) is 0.471. The summed E-state index contributed by atoms with van der Waals surface area (Å²) in [6, 6.07) is 7.73. The Hall–Kier alpha value is -1.95. The maximum Gasteiger partial charge on any atom is 0.313 e. The van der Waals surface area contributed by atoms with Crippen LogP contribution in [0.2, 0.25) is 0 Å². The van der Waals surface area contributed by atoms with Crippen molar-refractivity contribution in [3.8, 4) is 0 Å². The summed E-state index contributed by atoms with van der Waals surface area (Å²) in [6.07, 6.45) is 1.23. The van der Waals surface area contributed by atoms with Crippen molar-refractivity contribution in [3.05, 3.63) is 24.3 Å². The third-order valence-corrected chi connectivity index (χ3v) is 6.92. The molecule has 1 aliphatic carbocycles. The van der Waals surface area contributed by atoms with Crippen LogP contribution in [0.5, 0.6) is 0 Å². The maximum atomic E-state index is 13.0. The summed E-state index contributed by atoms with van der Waals surface area (Å²) in [5.74, 6) is -0.538. The summed E-state index contributed by atoms with van der Waals surface area (Å²) in [5.41, 5.74) is -1.39. The normalized spacial score (nSPS) is 31.3. The number of nitrogens with zero attached hydrogens (tertiary/aromatic N) is 1. The highest BCUT2D eigenvalue weighted by atomic mass is 32.1. The molecule has 2 fully saturated rings. The molecule has 1 N–H and O–H groups in total. The van der Waals surface area contributed by atoms with Crippen LogP contribution in [-0.2, 0) is 14.3 Å². The van der Waals surface area contributed by atoms with Crippen LogP contribution in [0.15, 0.2) is 24.3 Å². The summed E-state index contributed by atoms with van der Waals surface area (Å²) >= 11 is 1.42. The van der Waals surface area contributed by atoms with E-state index in [1.165, 1.54) is 11.3 Å². The molecule has 23 heavy (non-hydrogen) atoms. The Labute approximate surface area is 138 Å². The minimum atomic E-state index is -1.10. The van der Waals surface area contributed by atoms with Gasteiger partial charge in [0, 0.05) is 5.41 Å². The van der Waals surface area contributed by atoms with Gasteiger partial charge in [0.05, 0.1) is 15.6 Å². The van der Waals surface area contributed by atoms with E-state index in [1.807, 2.05) is 45.0 Å². The summed E-state index contributed by atoms with van der Waals surface area (Å²) in [6.45, 7) is 5.79. The van der Waals surface area contributed by atoms with Gasteiger partial charge in [-0.3, -0.25) is 14.9 Å². The fourth-order valence-electron chi connectivity index (χ4n) is 3.87. The van der Waals surface area contributed by atoms with E-state index in [-0.39, 0.29) is 11.9 Å². The van der Waals surface area contributed by atoms with Crippen molar-refractivity contribution < 1.29 is 14.3 Å². The number of aromatic nitrogens is 1. The minimum absolute atomic E-state index is 0.267. The monoisotopic (exact) mass is 330 g/mol. The standard InChI is InChI=1S/C17H18N2O3S/c1-15(2)16(3)8-9-17(15,22-13(16)21)12(20)19-14-18-10-6-4-5-7-11(10)23-14/h4-7H,8-9H2,1-3H3,(H,18,19,20)/t16-,17+/m1/s1. The highest BCUT2D eigenvalue weighted by Gasteiger charge is 2.75. The minimum Gasteiger partial charge on any atom is -0.448 e. The van der Waals surface area contributed by atoms with Gasteiger partial charge in [-0.2, -0.15) is 0 Å². The van der Waals surface area contributed by atoms with Gasteiger partial charge in [0.2, 0.25) is 0 Å². The molecule has 1 aromatic carbocycles. The molecule has 0 radical (unpaired) electrons. The number of para-hydroxylation sites is 1. The van der Waals surface area contributed by atoms with Gasteiger partial charge in [-0.05, 0) is 31.9 Å². The number of benzene rings is 1. The second-order valence-electron chi connectivity index (χ2n) is 7.11. The van der Waals surface area contributed by atoms with Gasteiger partial charge in [0.1, 0.15) is 0 Å². The van der Waals surface area contributed by atoms with Crippen LogP contribution < -0.4 is 5.32 Å². The van der Waals surface area contributed by atoms with Gasteiger partial charge < -0.3 is 4.74 Å². The van der Waals surface area contributed by atoms with Crippen molar-refractivity contribution in [3.63, 3.8) is 0 Å². The molecule has 1 aliphatic heterocycles. The summed E-state index contributed by atoms with van der Waals surface area (Å²) in [7, 11) is 0. The first kappa shape index (κ1) is 14.6. The Kier molecular flexibility index (Phi) is 2.75. The zero-order valence-corrected chi connectivity index (χ0v) is 14.1. The molecule has 2 heterocycles. The lowest BCUT2D eigenvalue weighted by Crippen LogP contribution is -2.50. The highest BCUT2D eigenvalue weighted by Crippen LogP contribution is 2.65. The highest BCUT2D eigenvalue weighted by molar-refractivity contribution is 7.22. The Balaban J connectivity index is 1.68. The number of amides is 1. The molecule has 5 nitrogen and oxygen atoms in total. The number of anilines is 1. The van der Waals surface area contributed by atoms with E-state index >= 15 is 0 Å². The smallest absolute Gasteiger partial charge is 0.313 e. The number of fused-ring (bicyclic) bond motifs is 3. The molecule has 1 saturated carbocycles. The lowest BCUT2D eigenvalue weighted by molar-refractivity contribution is -0.165. The van der Waals surface area contributed by atoms with E-state index < -0.39 is 16.4 Å². The van der Waals surface area contributed by atoms with E-state index in [0.717, 1.165) is 10.2 Å². The molecule has 2 bridgehead atoms. The van der Waals surface area contributed by atoms with Crippen LogP contribution in [0.3, 0.4) is 0 Å². The molecule has 2 aliphatic rings. The van der Waals surface area contributed by atoms with Gasteiger partial charge in [-0.15, -0.1) is 0 Å². The van der Waals surface area contributed by atoms with Crippen LogP contribution in [0.4, 0.5) is 5.13 Å². The van der Waals surface area contributed by atoms with Crippen LogP contribution >= 0.6 is 11.3 Å². The fourth-order valence-corrected chi connectivity index (χ4v) is 4.73. The second-order valence-corrected chi connectivity index (χ2v) is 8.15.